The zero-order valence-corrected chi connectivity index (χ0v) is 16.3. The lowest BCUT2D eigenvalue weighted by atomic mass is 10.2. The van der Waals surface area contributed by atoms with Crippen LogP contribution < -0.4 is 15.1 Å². The molecule has 1 N–H and O–H groups in total. The molecule has 5 nitrogen and oxygen atoms in total. The Hall–Kier alpha value is -2.86. The first-order valence-electron chi connectivity index (χ1n) is 9.21. The van der Waals surface area contributed by atoms with Gasteiger partial charge in [-0.2, -0.15) is 4.98 Å². The molecule has 0 radical (unpaired) electrons. The molecule has 0 aliphatic carbocycles. The van der Waals surface area contributed by atoms with Gasteiger partial charge in [0.2, 0.25) is 5.95 Å². The average Bonchev–Trinajstić information content (AvgIpc) is 2.72. The Kier molecular flexibility index (Phi) is 5.30. The quantitative estimate of drug-likeness (QED) is 0.694. The van der Waals surface area contributed by atoms with E-state index in [4.69, 9.17) is 11.6 Å². The summed E-state index contributed by atoms with van der Waals surface area (Å²) in [7, 11) is 0. The van der Waals surface area contributed by atoms with Crippen molar-refractivity contribution in [3.8, 4) is 0 Å². The lowest BCUT2D eigenvalue weighted by Crippen LogP contribution is -2.47. The van der Waals surface area contributed by atoms with Crippen molar-refractivity contribution in [3.05, 3.63) is 71.1 Å². The third-order valence-electron chi connectivity index (χ3n) is 4.93. The van der Waals surface area contributed by atoms with Crippen molar-refractivity contribution in [2.24, 2.45) is 0 Å². The van der Waals surface area contributed by atoms with Crippen molar-refractivity contribution in [1.29, 1.82) is 0 Å². The molecule has 0 unspecified atom stereocenters. The van der Waals surface area contributed by atoms with E-state index in [1.165, 1.54) is 6.07 Å². The van der Waals surface area contributed by atoms with Gasteiger partial charge in [0.25, 0.3) is 0 Å². The molecule has 144 valence electrons. The predicted molar refractivity (Wildman–Crippen MR) is 112 cm³/mol. The number of aromatic nitrogens is 2. The topological polar surface area (TPSA) is 44.3 Å². The second-order valence-corrected chi connectivity index (χ2v) is 7.11. The first-order chi connectivity index (χ1) is 13.6. The summed E-state index contributed by atoms with van der Waals surface area (Å²) >= 11 is 6.20. The lowest BCUT2D eigenvalue weighted by Gasteiger charge is -2.36. The number of benzene rings is 2. The van der Waals surface area contributed by atoms with Gasteiger partial charge >= 0.3 is 0 Å². The van der Waals surface area contributed by atoms with E-state index >= 15 is 0 Å². The predicted octanol–water partition coefficient (Wildman–Crippen LogP) is 4.65. The number of hydrogen-bond donors (Lipinski definition) is 1. The van der Waals surface area contributed by atoms with Gasteiger partial charge in [-0.1, -0.05) is 29.8 Å². The Bertz CT molecular complexity index is 973. The molecule has 1 aliphatic rings. The van der Waals surface area contributed by atoms with Gasteiger partial charge in [-0.25, -0.2) is 9.37 Å². The smallest absolute Gasteiger partial charge is 0.227 e. The largest absolute Gasteiger partial charge is 0.366 e. The number of rotatable bonds is 4. The second-order valence-electron chi connectivity index (χ2n) is 6.70. The molecule has 0 spiro atoms. The van der Waals surface area contributed by atoms with Crippen molar-refractivity contribution in [2.75, 3.05) is 41.3 Å². The second kappa shape index (κ2) is 8.02. The maximum Gasteiger partial charge on any atom is 0.227 e. The van der Waals surface area contributed by atoms with E-state index in [0.29, 0.717) is 22.5 Å². The summed E-state index contributed by atoms with van der Waals surface area (Å²) in [6.45, 7) is 4.86. The van der Waals surface area contributed by atoms with Crippen LogP contribution in [0.1, 0.15) is 5.56 Å². The van der Waals surface area contributed by atoms with Gasteiger partial charge in [0.15, 0.2) is 0 Å². The third-order valence-corrected chi connectivity index (χ3v) is 5.34. The Balaban J connectivity index is 1.45. The molecule has 0 amide bonds. The highest BCUT2D eigenvalue weighted by molar-refractivity contribution is 6.31. The van der Waals surface area contributed by atoms with Gasteiger partial charge in [-0.05, 0) is 42.8 Å². The summed E-state index contributed by atoms with van der Waals surface area (Å²) in [6.07, 6.45) is 1.74. The number of anilines is 4. The van der Waals surface area contributed by atoms with Gasteiger partial charge in [-0.3, -0.25) is 0 Å². The van der Waals surface area contributed by atoms with Crippen LogP contribution in [0.2, 0.25) is 5.02 Å². The fourth-order valence-corrected chi connectivity index (χ4v) is 3.48. The van der Waals surface area contributed by atoms with Crippen LogP contribution in [0.15, 0.2) is 54.7 Å². The molecule has 7 heteroatoms. The molecule has 1 saturated heterocycles. The first kappa shape index (κ1) is 18.5. The molecule has 1 aliphatic heterocycles. The number of hydrogen-bond acceptors (Lipinski definition) is 5. The standard InChI is InChI=1S/C21H21ClFN5/c1-15-16(22)5-4-7-18(15)25-20-9-10-24-21(26-20)28-13-11-27(12-14-28)19-8-3-2-6-17(19)23/h2-10H,11-14H2,1H3,(H,24,25,26). The average molecular weight is 398 g/mol. The normalized spacial score (nSPS) is 14.2. The Labute approximate surface area is 168 Å². The van der Waals surface area contributed by atoms with E-state index in [-0.39, 0.29) is 5.82 Å². The van der Waals surface area contributed by atoms with E-state index in [0.717, 1.165) is 37.4 Å². The fraction of sp³-hybridized carbons (Fsp3) is 0.238. The van der Waals surface area contributed by atoms with Gasteiger partial charge in [0.1, 0.15) is 11.6 Å². The lowest BCUT2D eigenvalue weighted by molar-refractivity contribution is 0.594. The van der Waals surface area contributed by atoms with Crippen LogP contribution in [0.3, 0.4) is 0 Å². The highest BCUT2D eigenvalue weighted by atomic mass is 35.5. The maximum absolute atomic E-state index is 14.0. The molecule has 2 aromatic carbocycles. The zero-order chi connectivity index (χ0) is 19.5. The first-order valence-corrected chi connectivity index (χ1v) is 9.59. The number of nitrogens with zero attached hydrogens (tertiary/aromatic N) is 4. The van der Waals surface area contributed by atoms with Gasteiger partial charge in [0, 0.05) is 43.1 Å². The van der Waals surface area contributed by atoms with Crippen LogP contribution in [0.5, 0.6) is 0 Å². The van der Waals surface area contributed by atoms with E-state index in [1.807, 2.05) is 43.3 Å². The van der Waals surface area contributed by atoms with Gasteiger partial charge in [0.05, 0.1) is 5.69 Å². The minimum atomic E-state index is -0.185. The van der Waals surface area contributed by atoms with Crippen LogP contribution in [0.25, 0.3) is 0 Å². The number of halogens is 2. The van der Waals surface area contributed by atoms with Crippen LogP contribution >= 0.6 is 11.6 Å². The monoisotopic (exact) mass is 397 g/mol. The summed E-state index contributed by atoms with van der Waals surface area (Å²) in [5.41, 5.74) is 2.54. The molecule has 4 rings (SSSR count). The summed E-state index contributed by atoms with van der Waals surface area (Å²) in [4.78, 5) is 13.2. The fourth-order valence-electron chi connectivity index (χ4n) is 3.31. The van der Waals surface area contributed by atoms with Gasteiger partial charge < -0.3 is 15.1 Å². The van der Waals surface area contributed by atoms with Gasteiger partial charge in [-0.15, -0.1) is 0 Å². The minimum Gasteiger partial charge on any atom is -0.366 e. The number of para-hydroxylation sites is 1. The highest BCUT2D eigenvalue weighted by Crippen LogP contribution is 2.26. The SMILES string of the molecule is Cc1c(Cl)cccc1Nc1ccnc(N2CCN(c3ccccc3F)CC2)n1. The van der Waals surface area contributed by atoms with Crippen LogP contribution in [0.4, 0.5) is 27.5 Å². The van der Waals surface area contributed by atoms with Crippen LogP contribution in [-0.4, -0.2) is 36.1 Å². The zero-order valence-electron chi connectivity index (χ0n) is 15.6. The molecule has 1 fully saturated rings. The summed E-state index contributed by atoms with van der Waals surface area (Å²) < 4.78 is 14.0. The highest BCUT2D eigenvalue weighted by Gasteiger charge is 2.21. The summed E-state index contributed by atoms with van der Waals surface area (Å²) in [6, 6.07) is 14.5. The number of piperazine rings is 1. The maximum atomic E-state index is 14.0. The van der Waals surface area contributed by atoms with Crippen molar-refractivity contribution in [3.63, 3.8) is 0 Å². The molecule has 2 heterocycles. The van der Waals surface area contributed by atoms with Crippen molar-refractivity contribution in [2.45, 2.75) is 6.92 Å². The Morgan fingerprint density at radius 1 is 0.964 bits per heavy atom. The molecular weight excluding hydrogens is 377 g/mol. The Morgan fingerprint density at radius 2 is 1.71 bits per heavy atom. The van der Waals surface area contributed by atoms with Crippen molar-refractivity contribution < 1.29 is 4.39 Å². The van der Waals surface area contributed by atoms with E-state index < -0.39 is 0 Å². The molecule has 0 atom stereocenters. The molecule has 28 heavy (non-hydrogen) atoms. The molecular formula is C21H21ClFN5. The summed E-state index contributed by atoms with van der Waals surface area (Å²) in [5.74, 6) is 1.19. The molecule has 0 saturated carbocycles. The third kappa shape index (κ3) is 3.87. The number of nitrogens with one attached hydrogen (secondary N) is 1. The molecule has 1 aromatic heterocycles. The van der Waals surface area contributed by atoms with Crippen molar-refractivity contribution in [1.82, 2.24) is 9.97 Å². The summed E-state index contributed by atoms with van der Waals surface area (Å²) in [5, 5.41) is 4.02. The Morgan fingerprint density at radius 3 is 2.50 bits per heavy atom. The van der Waals surface area contributed by atoms with Crippen molar-refractivity contribution >= 4 is 34.7 Å². The minimum absolute atomic E-state index is 0.185. The van der Waals surface area contributed by atoms with Crippen LogP contribution in [0, 0.1) is 12.7 Å². The van der Waals surface area contributed by atoms with Crippen LogP contribution in [-0.2, 0) is 0 Å². The van der Waals surface area contributed by atoms with E-state index in [9.17, 15) is 4.39 Å². The van der Waals surface area contributed by atoms with E-state index in [2.05, 4.69) is 25.1 Å². The van der Waals surface area contributed by atoms with E-state index in [1.54, 1.807) is 12.3 Å². The molecule has 0 bridgehead atoms. The molecule has 3 aromatic rings.